The minimum absolute atomic E-state index is 0.821. The molecule has 0 aliphatic carbocycles. The number of nitrogens with zero attached hydrogens (tertiary/aromatic N) is 1. The zero-order valence-corrected chi connectivity index (χ0v) is 10.5. The highest BCUT2D eigenvalue weighted by atomic mass is 15.1. The fourth-order valence-corrected chi connectivity index (χ4v) is 2.61. The average Bonchev–Trinajstić information content (AvgIpc) is 2.62. The zero-order valence-electron chi connectivity index (χ0n) is 10.5. The maximum absolute atomic E-state index is 5.76. The fraction of sp³-hybridized carbons (Fsp3) is 0.250. The molecule has 2 N–H and O–H groups in total. The SMILES string of the molecule is Nc1ccc(N2CCCCc3ccccc32)cc1. The summed E-state index contributed by atoms with van der Waals surface area (Å²) in [6.07, 6.45) is 3.68. The van der Waals surface area contributed by atoms with Crippen molar-refractivity contribution in [3.05, 3.63) is 54.1 Å². The van der Waals surface area contributed by atoms with Gasteiger partial charge in [-0.15, -0.1) is 0 Å². The van der Waals surface area contributed by atoms with Crippen LogP contribution in [0.4, 0.5) is 17.1 Å². The molecule has 18 heavy (non-hydrogen) atoms. The van der Waals surface area contributed by atoms with Gasteiger partial charge in [0, 0.05) is 23.6 Å². The number of nitrogen functional groups attached to an aromatic ring is 1. The van der Waals surface area contributed by atoms with Crippen LogP contribution in [-0.4, -0.2) is 6.54 Å². The normalized spacial score (nSPS) is 15.0. The van der Waals surface area contributed by atoms with Crippen LogP contribution < -0.4 is 10.6 Å². The number of rotatable bonds is 1. The second kappa shape index (κ2) is 4.73. The van der Waals surface area contributed by atoms with E-state index in [1.165, 1.54) is 36.2 Å². The van der Waals surface area contributed by atoms with E-state index in [9.17, 15) is 0 Å². The minimum Gasteiger partial charge on any atom is -0.399 e. The number of nitrogens with two attached hydrogens (primary N) is 1. The topological polar surface area (TPSA) is 29.3 Å². The second-order valence-corrected chi connectivity index (χ2v) is 4.83. The predicted molar refractivity (Wildman–Crippen MR) is 77.2 cm³/mol. The molecule has 3 rings (SSSR count). The highest BCUT2D eigenvalue weighted by Gasteiger charge is 2.15. The van der Waals surface area contributed by atoms with Crippen molar-refractivity contribution < 1.29 is 0 Å². The van der Waals surface area contributed by atoms with Gasteiger partial charge in [0.2, 0.25) is 0 Å². The van der Waals surface area contributed by atoms with E-state index in [1.54, 1.807) is 0 Å². The number of hydrogen-bond donors (Lipinski definition) is 1. The summed E-state index contributed by atoms with van der Waals surface area (Å²) in [4.78, 5) is 2.40. The van der Waals surface area contributed by atoms with E-state index in [2.05, 4.69) is 41.3 Å². The third-order valence-corrected chi connectivity index (χ3v) is 3.57. The zero-order chi connectivity index (χ0) is 12.4. The molecule has 2 aromatic rings. The number of hydrogen-bond acceptors (Lipinski definition) is 2. The van der Waals surface area contributed by atoms with Crippen LogP contribution in [0.15, 0.2) is 48.5 Å². The number of para-hydroxylation sites is 1. The van der Waals surface area contributed by atoms with Gasteiger partial charge >= 0.3 is 0 Å². The molecule has 0 saturated heterocycles. The lowest BCUT2D eigenvalue weighted by Crippen LogP contribution is -2.17. The largest absolute Gasteiger partial charge is 0.399 e. The Morgan fingerprint density at radius 1 is 0.889 bits per heavy atom. The molecule has 2 aromatic carbocycles. The quantitative estimate of drug-likeness (QED) is 0.767. The van der Waals surface area contributed by atoms with E-state index >= 15 is 0 Å². The third kappa shape index (κ3) is 2.06. The Labute approximate surface area is 108 Å². The van der Waals surface area contributed by atoms with E-state index in [0.29, 0.717) is 0 Å². The van der Waals surface area contributed by atoms with Gasteiger partial charge in [0.25, 0.3) is 0 Å². The lowest BCUT2D eigenvalue weighted by atomic mass is 10.1. The first-order chi connectivity index (χ1) is 8.84. The molecule has 0 amide bonds. The minimum atomic E-state index is 0.821. The van der Waals surface area contributed by atoms with Crippen LogP contribution in [0.25, 0.3) is 0 Å². The molecule has 1 aliphatic rings. The van der Waals surface area contributed by atoms with Gasteiger partial charge in [-0.05, 0) is 55.2 Å². The van der Waals surface area contributed by atoms with Gasteiger partial charge in [-0.25, -0.2) is 0 Å². The van der Waals surface area contributed by atoms with E-state index in [-0.39, 0.29) is 0 Å². The van der Waals surface area contributed by atoms with Crippen LogP contribution in [0.3, 0.4) is 0 Å². The van der Waals surface area contributed by atoms with Crippen LogP contribution in [-0.2, 0) is 6.42 Å². The second-order valence-electron chi connectivity index (χ2n) is 4.83. The molecular weight excluding hydrogens is 220 g/mol. The Balaban J connectivity index is 2.03. The molecular formula is C16H18N2. The van der Waals surface area contributed by atoms with Gasteiger partial charge in [0.15, 0.2) is 0 Å². The van der Waals surface area contributed by atoms with E-state index in [1.807, 2.05) is 12.1 Å². The lowest BCUT2D eigenvalue weighted by Gasteiger charge is -2.25. The summed E-state index contributed by atoms with van der Waals surface area (Å²) in [7, 11) is 0. The van der Waals surface area contributed by atoms with Crippen LogP contribution >= 0.6 is 0 Å². The summed E-state index contributed by atoms with van der Waals surface area (Å²) < 4.78 is 0. The Morgan fingerprint density at radius 2 is 1.67 bits per heavy atom. The van der Waals surface area contributed by atoms with Crippen LogP contribution in [0.5, 0.6) is 0 Å². The molecule has 2 heteroatoms. The van der Waals surface area contributed by atoms with Crippen LogP contribution in [0.2, 0.25) is 0 Å². The lowest BCUT2D eigenvalue weighted by molar-refractivity contribution is 0.761. The third-order valence-electron chi connectivity index (χ3n) is 3.57. The summed E-state index contributed by atoms with van der Waals surface area (Å²) in [5.74, 6) is 0. The molecule has 0 fully saturated rings. The Bertz CT molecular complexity index is 531. The van der Waals surface area contributed by atoms with Crippen molar-refractivity contribution in [1.29, 1.82) is 0 Å². The van der Waals surface area contributed by atoms with E-state index in [4.69, 9.17) is 5.73 Å². The van der Waals surface area contributed by atoms with Gasteiger partial charge in [-0.3, -0.25) is 0 Å². The standard InChI is InChI=1S/C16H18N2/c17-14-8-10-15(11-9-14)18-12-4-3-6-13-5-1-2-7-16(13)18/h1-2,5,7-11H,3-4,6,12,17H2. The fourth-order valence-electron chi connectivity index (χ4n) is 2.61. The van der Waals surface area contributed by atoms with E-state index in [0.717, 1.165) is 12.2 Å². The molecule has 0 radical (unpaired) electrons. The van der Waals surface area contributed by atoms with Gasteiger partial charge in [0.05, 0.1) is 0 Å². The molecule has 2 nitrogen and oxygen atoms in total. The molecule has 0 bridgehead atoms. The number of benzene rings is 2. The molecule has 1 aliphatic heterocycles. The molecule has 0 aromatic heterocycles. The van der Waals surface area contributed by atoms with Crippen molar-refractivity contribution in [3.8, 4) is 0 Å². The molecule has 0 spiro atoms. The van der Waals surface area contributed by atoms with Crippen LogP contribution in [0, 0.1) is 0 Å². The van der Waals surface area contributed by atoms with Gasteiger partial charge in [0.1, 0.15) is 0 Å². The molecule has 92 valence electrons. The maximum Gasteiger partial charge on any atom is 0.0443 e. The van der Waals surface area contributed by atoms with E-state index < -0.39 is 0 Å². The maximum atomic E-state index is 5.76. The highest BCUT2D eigenvalue weighted by molar-refractivity contribution is 5.68. The molecule has 0 saturated carbocycles. The Morgan fingerprint density at radius 3 is 2.50 bits per heavy atom. The van der Waals surface area contributed by atoms with Crippen molar-refractivity contribution in [1.82, 2.24) is 0 Å². The first-order valence-electron chi connectivity index (χ1n) is 6.55. The van der Waals surface area contributed by atoms with Crippen molar-refractivity contribution in [3.63, 3.8) is 0 Å². The van der Waals surface area contributed by atoms with Crippen molar-refractivity contribution in [2.24, 2.45) is 0 Å². The van der Waals surface area contributed by atoms with Crippen LogP contribution in [0.1, 0.15) is 18.4 Å². The monoisotopic (exact) mass is 238 g/mol. The van der Waals surface area contributed by atoms with Crippen molar-refractivity contribution in [2.75, 3.05) is 17.2 Å². The summed E-state index contributed by atoms with van der Waals surface area (Å²) in [5, 5.41) is 0. The summed E-state index contributed by atoms with van der Waals surface area (Å²) in [6, 6.07) is 16.9. The Kier molecular flexibility index (Phi) is 2.93. The molecule has 1 heterocycles. The number of anilines is 3. The first-order valence-corrected chi connectivity index (χ1v) is 6.55. The summed E-state index contributed by atoms with van der Waals surface area (Å²) in [5.41, 5.74) is 10.6. The summed E-state index contributed by atoms with van der Waals surface area (Å²) in [6.45, 7) is 1.08. The summed E-state index contributed by atoms with van der Waals surface area (Å²) >= 11 is 0. The smallest absolute Gasteiger partial charge is 0.0443 e. The predicted octanol–water partition coefficient (Wildman–Crippen LogP) is 3.74. The van der Waals surface area contributed by atoms with Crippen molar-refractivity contribution in [2.45, 2.75) is 19.3 Å². The van der Waals surface area contributed by atoms with Gasteiger partial charge < -0.3 is 10.6 Å². The van der Waals surface area contributed by atoms with Gasteiger partial charge in [-0.1, -0.05) is 18.2 Å². The molecule has 0 atom stereocenters. The molecule has 0 unspecified atom stereocenters. The first kappa shape index (κ1) is 11.1. The number of fused-ring (bicyclic) bond motifs is 1. The Hall–Kier alpha value is -1.96. The van der Waals surface area contributed by atoms with Gasteiger partial charge in [-0.2, -0.15) is 0 Å². The highest BCUT2D eigenvalue weighted by Crippen LogP contribution is 2.32. The number of aryl methyl sites for hydroxylation is 1. The van der Waals surface area contributed by atoms with Crippen molar-refractivity contribution >= 4 is 17.1 Å². The average molecular weight is 238 g/mol.